The zero-order chi connectivity index (χ0) is 28.9. The number of likely N-dealkylation sites (N-methyl/N-ethyl adjacent to an activating group) is 1. The van der Waals surface area contributed by atoms with E-state index < -0.39 is 5.91 Å². The number of anilines is 3. The SMILES string of the molecule is COCCN(C)Cc1cc(Nc2nc(N3CCC[C@@H](CC(=O)c4ccc(C5CC5)cc4)[C@H]3C)cnc2C(N)=O)sn1. The Hall–Kier alpha value is -3.41. The van der Waals surface area contributed by atoms with E-state index in [1.54, 1.807) is 13.3 Å². The van der Waals surface area contributed by atoms with E-state index >= 15 is 0 Å². The molecule has 3 heterocycles. The van der Waals surface area contributed by atoms with Crippen LogP contribution >= 0.6 is 11.5 Å². The molecule has 11 heteroatoms. The molecule has 218 valence electrons. The highest BCUT2D eigenvalue weighted by molar-refractivity contribution is 7.10. The van der Waals surface area contributed by atoms with Crippen molar-refractivity contribution < 1.29 is 14.3 Å². The standard InChI is InChI=1S/C30H39N7O3S/c1-19-23(15-25(38)22-10-8-21(9-11-22)20-6-7-20)5-4-12-37(19)26-17-32-28(29(31)39)30(33-26)34-27-16-24(35-41-27)18-36(2)13-14-40-3/h8-11,16-17,19-20,23H,4-7,12-15,18H2,1-3H3,(H2,31,39)(H,33,34)/t19-,23+/m1/s1. The highest BCUT2D eigenvalue weighted by Gasteiger charge is 2.32. The molecule has 1 amide bonds. The van der Waals surface area contributed by atoms with Gasteiger partial charge in [-0.05, 0) is 74.7 Å². The van der Waals surface area contributed by atoms with Crippen molar-refractivity contribution >= 4 is 39.9 Å². The number of carbonyl (C=O) groups is 2. The third-order valence-corrected chi connectivity index (χ3v) is 8.82. The average molecular weight is 578 g/mol. The molecule has 2 fully saturated rings. The molecule has 5 rings (SSSR count). The van der Waals surface area contributed by atoms with Crippen molar-refractivity contribution in [1.29, 1.82) is 0 Å². The van der Waals surface area contributed by atoms with Crippen LogP contribution in [0.4, 0.5) is 16.6 Å². The zero-order valence-electron chi connectivity index (χ0n) is 24.0. The first-order valence-corrected chi connectivity index (χ1v) is 15.1. The van der Waals surface area contributed by atoms with Crippen molar-refractivity contribution in [3.8, 4) is 0 Å². The molecule has 3 aromatic rings. The van der Waals surface area contributed by atoms with E-state index in [2.05, 4.69) is 43.5 Å². The van der Waals surface area contributed by atoms with Gasteiger partial charge in [0.25, 0.3) is 5.91 Å². The number of nitrogens with one attached hydrogen (secondary N) is 1. The molecule has 1 saturated heterocycles. The van der Waals surface area contributed by atoms with E-state index in [0.717, 1.165) is 42.2 Å². The van der Waals surface area contributed by atoms with Crippen molar-refractivity contribution in [2.24, 2.45) is 11.7 Å². The van der Waals surface area contributed by atoms with Crippen molar-refractivity contribution in [2.45, 2.75) is 57.5 Å². The quantitative estimate of drug-likeness (QED) is 0.280. The number of piperidine rings is 1. The van der Waals surface area contributed by atoms with Gasteiger partial charge in [0.1, 0.15) is 10.8 Å². The van der Waals surface area contributed by atoms with Crippen LogP contribution in [-0.4, -0.2) is 70.8 Å². The fourth-order valence-corrected chi connectivity index (χ4v) is 6.14. The number of nitrogens with two attached hydrogens (primary N) is 1. The lowest BCUT2D eigenvalue weighted by atomic mass is 9.85. The van der Waals surface area contributed by atoms with Crippen LogP contribution in [0.3, 0.4) is 0 Å². The minimum absolute atomic E-state index is 0.0759. The molecule has 2 aliphatic rings. The van der Waals surface area contributed by atoms with E-state index in [0.29, 0.717) is 37.1 Å². The van der Waals surface area contributed by atoms with Crippen LogP contribution in [0.15, 0.2) is 36.5 Å². The summed E-state index contributed by atoms with van der Waals surface area (Å²) in [7, 11) is 3.69. The Morgan fingerprint density at radius 2 is 2.00 bits per heavy atom. The third-order valence-electron chi connectivity index (χ3n) is 8.07. The summed E-state index contributed by atoms with van der Waals surface area (Å²) in [5, 5.41) is 3.97. The van der Waals surface area contributed by atoms with Gasteiger partial charge in [0.05, 0.1) is 18.5 Å². The van der Waals surface area contributed by atoms with Crippen molar-refractivity contribution in [3.05, 3.63) is 59.0 Å². The number of Topliss-reactive ketones (excluding diaryl/α,β-unsaturated/α-hetero) is 1. The van der Waals surface area contributed by atoms with Crippen molar-refractivity contribution in [1.82, 2.24) is 19.2 Å². The normalized spacial score (nSPS) is 19.0. The van der Waals surface area contributed by atoms with Crippen LogP contribution < -0.4 is 16.0 Å². The Kier molecular flexibility index (Phi) is 9.26. The number of carbonyl (C=O) groups excluding carboxylic acids is 2. The van der Waals surface area contributed by atoms with Gasteiger partial charge in [0.2, 0.25) is 0 Å². The van der Waals surface area contributed by atoms with Gasteiger partial charge in [0, 0.05) is 44.8 Å². The number of amides is 1. The molecule has 41 heavy (non-hydrogen) atoms. The van der Waals surface area contributed by atoms with Crippen molar-refractivity contribution in [3.63, 3.8) is 0 Å². The lowest BCUT2D eigenvalue weighted by molar-refractivity contribution is 0.0944. The van der Waals surface area contributed by atoms with Crippen LogP contribution in [0.25, 0.3) is 0 Å². The summed E-state index contributed by atoms with van der Waals surface area (Å²) in [5.74, 6) is 1.35. The second-order valence-corrected chi connectivity index (χ2v) is 12.0. The van der Waals surface area contributed by atoms with Gasteiger partial charge in [-0.1, -0.05) is 24.3 Å². The fraction of sp³-hybridized carbons (Fsp3) is 0.500. The van der Waals surface area contributed by atoms with Crippen LogP contribution in [0.2, 0.25) is 0 Å². The number of primary amides is 1. The van der Waals surface area contributed by atoms with Crippen LogP contribution in [-0.2, 0) is 11.3 Å². The van der Waals surface area contributed by atoms with E-state index in [-0.39, 0.29) is 23.4 Å². The lowest BCUT2D eigenvalue weighted by Gasteiger charge is -2.40. The van der Waals surface area contributed by atoms with E-state index in [9.17, 15) is 9.59 Å². The first kappa shape index (κ1) is 29.1. The average Bonchev–Trinajstić information content (AvgIpc) is 3.73. The molecule has 2 aromatic heterocycles. The molecule has 10 nitrogen and oxygen atoms in total. The second kappa shape index (κ2) is 13.1. The minimum Gasteiger partial charge on any atom is -0.383 e. The van der Waals surface area contributed by atoms with E-state index in [4.69, 9.17) is 15.5 Å². The molecule has 1 aliphatic heterocycles. The summed E-state index contributed by atoms with van der Waals surface area (Å²) in [5.41, 5.74) is 8.74. The molecule has 1 aromatic carbocycles. The molecule has 0 radical (unpaired) electrons. The molecule has 1 saturated carbocycles. The molecule has 1 aliphatic carbocycles. The number of ketones is 1. The third kappa shape index (κ3) is 7.27. The predicted octanol–water partition coefficient (Wildman–Crippen LogP) is 4.61. The maximum atomic E-state index is 13.2. The summed E-state index contributed by atoms with van der Waals surface area (Å²) in [6, 6.07) is 10.2. The van der Waals surface area contributed by atoms with Gasteiger partial charge < -0.3 is 20.7 Å². The van der Waals surface area contributed by atoms with E-state index in [1.807, 2.05) is 25.2 Å². The summed E-state index contributed by atoms with van der Waals surface area (Å²) in [4.78, 5) is 38.8. The number of methoxy groups -OCH3 is 1. The molecular weight excluding hydrogens is 538 g/mol. The summed E-state index contributed by atoms with van der Waals surface area (Å²) in [6.45, 7) is 5.05. The number of rotatable bonds is 13. The molecular formula is C30H39N7O3S. The van der Waals surface area contributed by atoms with Gasteiger partial charge in [0.15, 0.2) is 17.3 Å². The predicted molar refractivity (Wildman–Crippen MR) is 161 cm³/mol. The maximum absolute atomic E-state index is 13.2. The lowest BCUT2D eigenvalue weighted by Crippen LogP contribution is -2.44. The number of nitrogens with zero attached hydrogens (tertiary/aromatic N) is 5. The highest BCUT2D eigenvalue weighted by Crippen LogP contribution is 2.40. The van der Waals surface area contributed by atoms with Gasteiger partial charge >= 0.3 is 0 Å². The topological polar surface area (TPSA) is 127 Å². The first-order valence-electron chi connectivity index (χ1n) is 14.3. The van der Waals surface area contributed by atoms with Gasteiger partial charge in [-0.15, -0.1) is 0 Å². The summed E-state index contributed by atoms with van der Waals surface area (Å²) >= 11 is 1.29. The molecule has 0 bridgehead atoms. The zero-order valence-corrected chi connectivity index (χ0v) is 24.8. The maximum Gasteiger partial charge on any atom is 0.271 e. The smallest absolute Gasteiger partial charge is 0.271 e. The van der Waals surface area contributed by atoms with Crippen LogP contribution in [0, 0.1) is 5.92 Å². The van der Waals surface area contributed by atoms with E-state index in [1.165, 1.54) is 29.9 Å². The molecule has 2 atom stereocenters. The number of hydrogen-bond donors (Lipinski definition) is 2. The molecule has 0 unspecified atom stereocenters. The molecule has 3 N–H and O–H groups in total. The minimum atomic E-state index is -0.654. The summed E-state index contributed by atoms with van der Waals surface area (Å²) in [6.07, 6.45) is 6.51. The van der Waals surface area contributed by atoms with Gasteiger partial charge in [-0.25, -0.2) is 9.97 Å². The molecule has 0 spiro atoms. The Morgan fingerprint density at radius 1 is 1.22 bits per heavy atom. The Bertz CT molecular complexity index is 1360. The monoisotopic (exact) mass is 577 g/mol. The highest BCUT2D eigenvalue weighted by atomic mass is 32.1. The largest absolute Gasteiger partial charge is 0.383 e. The number of benzene rings is 1. The Morgan fingerprint density at radius 3 is 2.71 bits per heavy atom. The van der Waals surface area contributed by atoms with Crippen molar-refractivity contribution in [2.75, 3.05) is 44.1 Å². The first-order chi connectivity index (χ1) is 19.8. The number of aromatic nitrogens is 3. The fourth-order valence-electron chi connectivity index (χ4n) is 5.48. The number of ether oxygens (including phenoxy) is 1. The van der Waals surface area contributed by atoms with Crippen LogP contribution in [0.1, 0.15) is 77.0 Å². The van der Waals surface area contributed by atoms with Crippen LogP contribution in [0.5, 0.6) is 0 Å². The Labute approximate surface area is 245 Å². The van der Waals surface area contributed by atoms with Gasteiger partial charge in [-0.2, -0.15) is 4.37 Å². The Balaban J connectivity index is 1.27. The summed E-state index contributed by atoms with van der Waals surface area (Å²) < 4.78 is 9.67. The number of hydrogen-bond acceptors (Lipinski definition) is 10. The second-order valence-electron chi connectivity index (χ2n) is 11.2. The van der Waals surface area contributed by atoms with Gasteiger partial charge in [-0.3, -0.25) is 14.5 Å².